The molecule has 0 saturated heterocycles. The van der Waals surface area contributed by atoms with E-state index < -0.39 is 5.60 Å². The van der Waals surface area contributed by atoms with Gasteiger partial charge >= 0.3 is 0 Å². The van der Waals surface area contributed by atoms with Crippen molar-refractivity contribution in [2.75, 3.05) is 0 Å². The first-order chi connectivity index (χ1) is 13.5. The maximum atomic E-state index is 10.2. The van der Waals surface area contributed by atoms with Crippen LogP contribution in [-0.4, -0.2) is 21.9 Å². The Morgan fingerprint density at radius 2 is 1.83 bits per heavy atom. The SMILES string of the molecule is CC(CCCC(C)(C)O)[C@H]1CC[C@H]2[C@@H]3CCC4=C[C@@H](O)CC[C@]4(C)[C@H]3CC[C@]12C. The lowest BCUT2D eigenvalue weighted by atomic mass is 9.46. The second-order valence-corrected chi connectivity index (χ2v) is 12.5. The van der Waals surface area contributed by atoms with E-state index >= 15 is 0 Å². The van der Waals surface area contributed by atoms with Gasteiger partial charge in [-0.25, -0.2) is 0 Å². The van der Waals surface area contributed by atoms with Crippen LogP contribution < -0.4 is 0 Å². The average Bonchev–Trinajstić information content (AvgIpc) is 2.98. The van der Waals surface area contributed by atoms with Gasteiger partial charge in [0.05, 0.1) is 11.7 Å². The van der Waals surface area contributed by atoms with Gasteiger partial charge in [0.2, 0.25) is 0 Å². The molecule has 0 amide bonds. The molecule has 4 rings (SSSR count). The second kappa shape index (κ2) is 7.66. The zero-order chi connectivity index (χ0) is 21.0. The van der Waals surface area contributed by atoms with Crippen molar-refractivity contribution >= 4 is 0 Å². The van der Waals surface area contributed by atoms with E-state index in [-0.39, 0.29) is 6.10 Å². The number of hydrogen-bond donors (Lipinski definition) is 2. The quantitative estimate of drug-likeness (QED) is 0.515. The lowest BCUT2D eigenvalue weighted by Crippen LogP contribution is -2.51. The Labute approximate surface area is 179 Å². The number of aliphatic hydroxyl groups is 2. The molecule has 3 saturated carbocycles. The van der Waals surface area contributed by atoms with Crippen molar-refractivity contribution in [2.45, 2.75) is 117 Å². The summed E-state index contributed by atoms with van der Waals surface area (Å²) < 4.78 is 0. The Morgan fingerprint density at radius 3 is 2.55 bits per heavy atom. The third kappa shape index (κ3) is 3.86. The molecule has 0 aromatic heterocycles. The summed E-state index contributed by atoms with van der Waals surface area (Å²) in [5.74, 6) is 4.31. The molecule has 0 radical (unpaired) electrons. The van der Waals surface area contributed by atoms with Gasteiger partial charge < -0.3 is 10.2 Å². The normalized spacial score (nSPS) is 45.8. The Hall–Kier alpha value is -0.340. The molecule has 2 heteroatoms. The predicted molar refractivity (Wildman–Crippen MR) is 121 cm³/mol. The molecule has 0 aromatic rings. The molecule has 3 fully saturated rings. The van der Waals surface area contributed by atoms with Crippen molar-refractivity contribution in [3.05, 3.63) is 11.6 Å². The van der Waals surface area contributed by atoms with Gasteiger partial charge in [-0.05, 0) is 112 Å². The first kappa shape index (κ1) is 21.9. The van der Waals surface area contributed by atoms with E-state index in [1.807, 2.05) is 13.8 Å². The molecule has 1 unspecified atom stereocenters. The van der Waals surface area contributed by atoms with Gasteiger partial charge in [0.1, 0.15) is 0 Å². The summed E-state index contributed by atoms with van der Waals surface area (Å²) in [7, 11) is 0. The van der Waals surface area contributed by atoms with Gasteiger partial charge in [-0.1, -0.05) is 45.3 Å². The fourth-order valence-electron chi connectivity index (χ4n) is 8.74. The van der Waals surface area contributed by atoms with Gasteiger partial charge in [-0.2, -0.15) is 0 Å². The van der Waals surface area contributed by atoms with E-state index in [4.69, 9.17) is 0 Å². The van der Waals surface area contributed by atoms with Crippen LogP contribution in [0.25, 0.3) is 0 Å². The minimum atomic E-state index is -0.518. The third-order valence-corrected chi connectivity index (χ3v) is 10.3. The highest BCUT2D eigenvalue weighted by Gasteiger charge is 2.59. The van der Waals surface area contributed by atoms with Crippen molar-refractivity contribution < 1.29 is 10.2 Å². The summed E-state index contributed by atoms with van der Waals surface area (Å²) in [6.45, 7) is 11.6. The van der Waals surface area contributed by atoms with E-state index in [9.17, 15) is 10.2 Å². The molecule has 166 valence electrons. The average molecular weight is 403 g/mol. The van der Waals surface area contributed by atoms with Crippen molar-refractivity contribution in [2.24, 2.45) is 40.4 Å². The smallest absolute Gasteiger partial charge is 0.0724 e. The Kier molecular flexibility index (Phi) is 5.78. The summed E-state index contributed by atoms with van der Waals surface area (Å²) >= 11 is 0. The second-order valence-electron chi connectivity index (χ2n) is 12.5. The monoisotopic (exact) mass is 402 g/mol. The summed E-state index contributed by atoms with van der Waals surface area (Å²) in [4.78, 5) is 0. The molecule has 2 nitrogen and oxygen atoms in total. The molecule has 0 aliphatic heterocycles. The van der Waals surface area contributed by atoms with Crippen molar-refractivity contribution in [1.82, 2.24) is 0 Å². The largest absolute Gasteiger partial charge is 0.390 e. The van der Waals surface area contributed by atoms with E-state index in [0.717, 1.165) is 48.9 Å². The standard InChI is InChI=1S/C27H46O2/c1-18(7-6-14-25(2,3)29)22-10-11-23-21-9-8-19-17-20(28)12-15-26(19,4)24(21)13-16-27(22,23)5/h17-18,20-24,28-29H,6-16H2,1-5H3/t18?,20-,21-,22+,23-,24-,26-,27+/m0/s1. The molecule has 2 N–H and O–H groups in total. The lowest BCUT2D eigenvalue weighted by Gasteiger charge is -2.59. The topological polar surface area (TPSA) is 40.5 Å². The molecule has 4 aliphatic rings. The highest BCUT2D eigenvalue weighted by Crippen LogP contribution is 2.67. The summed E-state index contributed by atoms with van der Waals surface area (Å²) in [6.07, 6.45) is 15.8. The summed E-state index contributed by atoms with van der Waals surface area (Å²) in [5.41, 5.74) is 1.97. The van der Waals surface area contributed by atoms with Gasteiger partial charge in [0.25, 0.3) is 0 Å². The van der Waals surface area contributed by atoms with Crippen LogP contribution in [0, 0.1) is 40.4 Å². The van der Waals surface area contributed by atoms with Crippen LogP contribution in [0.1, 0.15) is 105 Å². The van der Waals surface area contributed by atoms with Crippen LogP contribution in [0.4, 0.5) is 0 Å². The van der Waals surface area contributed by atoms with Crippen molar-refractivity contribution in [3.63, 3.8) is 0 Å². The Morgan fingerprint density at radius 1 is 1.07 bits per heavy atom. The minimum Gasteiger partial charge on any atom is -0.390 e. The molecule has 8 atom stereocenters. The summed E-state index contributed by atoms with van der Waals surface area (Å²) in [6, 6.07) is 0. The maximum Gasteiger partial charge on any atom is 0.0724 e. The fraction of sp³-hybridized carbons (Fsp3) is 0.926. The first-order valence-corrected chi connectivity index (χ1v) is 12.7. The van der Waals surface area contributed by atoms with E-state index in [2.05, 4.69) is 26.8 Å². The molecule has 29 heavy (non-hydrogen) atoms. The number of aliphatic hydroxyl groups excluding tert-OH is 1. The number of rotatable bonds is 5. The van der Waals surface area contributed by atoms with Crippen molar-refractivity contribution in [1.29, 1.82) is 0 Å². The van der Waals surface area contributed by atoms with E-state index in [1.165, 1.54) is 51.4 Å². The molecule has 0 heterocycles. The molecule has 0 spiro atoms. The van der Waals surface area contributed by atoms with E-state index in [0.29, 0.717) is 10.8 Å². The van der Waals surface area contributed by atoms with Gasteiger partial charge in [0, 0.05) is 0 Å². The van der Waals surface area contributed by atoms with Gasteiger partial charge in [-0.15, -0.1) is 0 Å². The van der Waals surface area contributed by atoms with Gasteiger partial charge in [-0.3, -0.25) is 0 Å². The zero-order valence-electron chi connectivity index (χ0n) is 19.7. The number of fused-ring (bicyclic) bond motifs is 5. The molecule has 0 aromatic carbocycles. The Balaban J connectivity index is 1.47. The highest BCUT2D eigenvalue weighted by atomic mass is 16.3. The van der Waals surface area contributed by atoms with Gasteiger partial charge in [0.15, 0.2) is 0 Å². The third-order valence-electron chi connectivity index (χ3n) is 10.3. The van der Waals surface area contributed by atoms with E-state index in [1.54, 1.807) is 5.57 Å². The molecular weight excluding hydrogens is 356 g/mol. The fourth-order valence-corrected chi connectivity index (χ4v) is 8.74. The van der Waals surface area contributed by atoms with Crippen LogP contribution in [0.5, 0.6) is 0 Å². The summed E-state index contributed by atoms with van der Waals surface area (Å²) in [5, 5.41) is 20.3. The maximum absolute atomic E-state index is 10.2. The predicted octanol–water partition coefficient (Wildman–Crippen LogP) is 6.50. The van der Waals surface area contributed by atoms with Crippen LogP contribution in [0.3, 0.4) is 0 Å². The lowest BCUT2D eigenvalue weighted by molar-refractivity contribution is -0.0629. The number of hydrogen-bond acceptors (Lipinski definition) is 2. The van der Waals surface area contributed by atoms with Crippen LogP contribution in [-0.2, 0) is 0 Å². The van der Waals surface area contributed by atoms with Crippen LogP contribution in [0.2, 0.25) is 0 Å². The minimum absolute atomic E-state index is 0.191. The van der Waals surface area contributed by atoms with Crippen LogP contribution >= 0.6 is 0 Å². The zero-order valence-corrected chi connectivity index (χ0v) is 19.7. The molecule has 4 aliphatic carbocycles. The molecule has 0 bridgehead atoms. The molecular formula is C27H46O2. The highest BCUT2D eigenvalue weighted by molar-refractivity contribution is 5.25. The Bertz CT molecular complexity index is 631. The van der Waals surface area contributed by atoms with Crippen molar-refractivity contribution in [3.8, 4) is 0 Å². The van der Waals surface area contributed by atoms with Crippen LogP contribution in [0.15, 0.2) is 11.6 Å². The first-order valence-electron chi connectivity index (χ1n) is 12.7. The number of allylic oxidation sites excluding steroid dienone is 1.